The van der Waals surface area contributed by atoms with Crippen LogP contribution in [0.5, 0.6) is 11.6 Å². The molecule has 0 atom stereocenters. The molecule has 4 aromatic rings. The zero-order valence-electron chi connectivity index (χ0n) is 18.9. The van der Waals surface area contributed by atoms with Crippen molar-refractivity contribution >= 4 is 29.0 Å². The molecule has 0 spiro atoms. The summed E-state index contributed by atoms with van der Waals surface area (Å²) in [5.41, 5.74) is 5.00. The molecular weight excluding hydrogens is 448 g/mol. The van der Waals surface area contributed by atoms with Crippen molar-refractivity contribution in [3.63, 3.8) is 0 Å². The summed E-state index contributed by atoms with van der Waals surface area (Å²) in [6.07, 6.45) is 0. The number of rotatable bonds is 6. The minimum absolute atomic E-state index is 0.192. The molecule has 1 aromatic heterocycles. The van der Waals surface area contributed by atoms with E-state index in [-0.39, 0.29) is 11.7 Å². The van der Waals surface area contributed by atoms with Gasteiger partial charge in [-0.05, 0) is 80.4 Å². The van der Waals surface area contributed by atoms with Gasteiger partial charge in [0.05, 0.1) is 17.2 Å². The van der Waals surface area contributed by atoms with E-state index in [1.807, 2.05) is 32.9 Å². The number of nitrogens with zero attached hydrogens (tertiary/aromatic N) is 3. The van der Waals surface area contributed by atoms with E-state index in [2.05, 4.69) is 21.4 Å². The Hall–Kier alpha value is -4.21. The Kier molecular flexibility index (Phi) is 6.58. The van der Waals surface area contributed by atoms with Gasteiger partial charge in [0.1, 0.15) is 5.75 Å². The fraction of sp³-hybridized carbons (Fsp3) is 0.111. The van der Waals surface area contributed by atoms with Crippen LogP contribution in [0.25, 0.3) is 0 Å². The number of hydrogen-bond acceptors (Lipinski definition) is 6. The Balaban J connectivity index is 1.64. The lowest BCUT2D eigenvalue weighted by Crippen LogP contribution is -2.06. The molecule has 1 N–H and O–H groups in total. The molecule has 3 aromatic carbocycles. The van der Waals surface area contributed by atoms with Crippen molar-refractivity contribution in [3.8, 4) is 17.7 Å². The molecule has 0 unspecified atom stereocenters. The van der Waals surface area contributed by atoms with Crippen LogP contribution in [-0.4, -0.2) is 15.8 Å². The first-order valence-electron chi connectivity index (χ1n) is 10.5. The predicted molar refractivity (Wildman–Crippen MR) is 132 cm³/mol. The Morgan fingerprint density at radius 2 is 1.71 bits per heavy atom. The minimum atomic E-state index is -0.192. The second-order valence-electron chi connectivity index (χ2n) is 7.86. The normalized spacial score (nSPS) is 10.4. The second kappa shape index (κ2) is 9.74. The summed E-state index contributed by atoms with van der Waals surface area (Å²) >= 11 is 6.21. The van der Waals surface area contributed by atoms with Crippen LogP contribution in [-0.2, 0) is 0 Å². The highest BCUT2D eigenvalue weighted by atomic mass is 35.5. The van der Waals surface area contributed by atoms with Gasteiger partial charge in [-0.25, -0.2) is 4.98 Å². The number of anilines is 2. The zero-order chi connectivity index (χ0) is 24.2. The third-order valence-corrected chi connectivity index (χ3v) is 5.51. The summed E-state index contributed by atoms with van der Waals surface area (Å²) in [5, 5.41) is 12.5. The molecule has 6 nitrogen and oxygen atoms in total. The third kappa shape index (κ3) is 5.22. The Morgan fingerprint density at radius 3 is 2.41 bits per heavy atom. The molecule has 34 heavy (non-hydrogen) atoms. The number of nitriles is 1. The van der Waals surface area contributed by atoms with Crippen LogP contribution in [0.2, 0.25) is 5.02 Å². The summed E-state index contributed by atoms with van der Waals surface area (Å²) in [5.74, 6) is 0.758. The quantitative estimate of drug-likeness (QED) is 0.317. The van der Waals surface area contributed by atoms with Crippen molar-refractivity contribution in [3.05, 3.63) is 105 Å². The van der Waals surface area contributed by atoms with E-state index < -0.39 is 0 Å². The minimum Gasteiger partial charge on any atom is -0.438 e. The van der Waals surface area contributed by atoms with E-state index >= 15 is 0 Å². The molecule has 0 amide bonds. The number of aryl methyl sites for hydroxylation is 3. The average Bonchev–Trinajstić information content (AvgIpc) is 2.81. The Morgan fingerprint density at radius 1 is 0.941 bits per heavy atom. The lowest BCUT2D eigenvalue weighted by atomic mass is 9.99. The van der Waals surface area contributed by atoms with Gasteiger partial charge in [-0.3, -0.25) is 4.79 Å². The van der Waals surface area contributed by atoms with Gasteiger partial charge in [-0.1, -0.05) is 23.7 Å². The summed E-state index contributed by atoms with van der Waals surface area (Å²) in [6.45, 7) is 5.79. The van der Waals surface area contributed by atoms with E-state index in [0.29, 0.717) is 39.1 Å². The largest absolute Gasteiger partial charge is 0.438 e. The Bertz CT molecular complexity index is 1430. The van der Waals surface area contributed by atoms with Crippen molar-refractivity contribution in [1.82, 2.24) is 9.97 Å². The maximum absolute atomic E-state index is 13.3. The molecular formula is C27H21ClN4O2. The Labute approximate surface area is 202 Å². The van der Waals surface area contributed by atoms with Gasteiger partial charge >= 0.3 is 0 Å². The molecule has 0 fully saturated rings. The van der Waals surface area contributed by atoms with Crippen molar-refractivity contribution in [2.24, 2.45) is 0 Å². The number of nitrogens with one attached hydrogen (secondary N) is 1. The first-order chi connectivity index (χ1) is 16.3. The number of benzene rings is 3. The number of carbonyl (C=O) groups is 1. The van der Waals surface area contributed by atoms with Gasteiger partial charge in [0.25, 0.3) is 0 Å². The molecule has 168 valence electrons. The fourth-order valence-electron chi connectivity index (χ4n) is 3.32. The van der Waals surface area contributed by atoms with Crippen LogP contribution in [0.1, 0.15) is 38.3 Å². The lowest BCUT2D eigenvalue weighted by Gasteiger charge is -2.13. The zero-order valence-corrected chi connectivity index (χ0v) is 19.6. The molecule has 4 rings (SSSR count). The van der Waals surface area contributed by atoms with E-state index in [9.17, 15) is 4.79 Å². The number of halogens is 1. The number of hydrogen-bond donors (Lipinski definition) is 1. The van der Waals surface area contributed by atoms with Crippen molar-refractivity contribution in [2.45, 2.75) is 20.8 Å². The number of aromatic nitrogens is 2. The maximum atomic E-state index is 13.3. The van der Waals surface area contributed by atoms with Gasteiger partial charge in [0, 0.05) is 28.0 Å². The predicted octanol–water partition coefficient (Wildman–Crippen LogP) is 6.69. The average molecular weight is 469 g/mol. The molecule has 0 aliphatic heterocycles. The summed E-state index contributed by atoms with van der Waals surface area (Å²) in [7, 11) is 0. The molecule has 0 radical (unpaired) electrons. The summed E-state index contributed by atoms with van der Waals surface area (Å²) in [4.78, 5) is 22.1. The van der Waals surface area contributed by atoms with Crippen LogP contribution < -0.4 is 10.1 Å². The van der Waals surface area contributed by atoms with Gasteiger partial charge in [-0.15, -0.1) is 0 Å². The summed E-state index contributed by atoms with van der Waals surface area (Å²) < 4.78 is 6.04. The molecule has 0 saturated heterocycles. The SMILES string of the molecule is Cc1cc(Oc2ccc(Cl)cc2C(=O)c2ccc(C)c(C)c2)nc(Nc2ccc(C#N)cc2)n1. The highest BCUT2D eigenvalue weighted by molar-refractivity contribution is 6.31. The molecule has 0 saturated carbocycles. The van der Waals surface area contributed by atoms with Gasteiger partial charge in [-0.2, -0.15) is 10.2 Å². The lowest BCUT2D eigenvalue weighted by molar-refractivity contribution is 0.103. The highest BCUT2D eigenvalue weighted by Gasteiger charge is 2.18. The van der Waals surface area contributed by atoms with Gasteiger partial charge in [0.15, 0.2) is 5.78 Å². The van der Waals surface area contributed by atoms with Crippen molar-refractivity contribution in [2.75, 3.05) is 5.32 Å². The highest BCUT2D eigenvalue weighted by Crippen LogP contribution is 2.30. The van der Waals surface area contributed by atoms with Crippen molar-refractivity contribution < 1.29 is 9.53 Å². The van der Waals surface area contributed by atoms with Gasteiger partial charge < -0.3 is 10.1 Å². The molecule has 0 aliphatic carbocycles. The molecule has 0 bridgehead atoms. The third-order valence-electron chi connectivity index (χ3n) is 5.27. The number of ether oxygens (including phenoxy) is 1. The molecule has 7 heteroatoms. The van der Waals surface area contributed by atoms with Crippen LogP contribution in [0.4, 0.5) is 11.6 Å². The van der Waals surface area contributed by atoms with Crippen LogP contribution in [0.3, 0.4) is 0 Å². The van der Waals surface area contributed by atoms with Crippen LogP contribution in [0.15, 0.2) is 66.7 Å². The molecule has 0 aliphatic rings. The van der Waals surface area contributed by atoms with Crippen LogP contribution >= 0.6 is 11.6 Å². The van der Waals surface area contributed by atoms with Gasteiger partial charge in [0.2, 0.25) is 11.8 Å². The number of carbonyl (C=O) groups excluding carboxylic acids is 1. The number of ketones is 1. The van der Waals surface area contributed by atoms with E-state index in [1.165, 1.54) is 0 Å². The van der Waals surface area contributed by atoms with Crippen LogP contribution in [0, 0.1) is 32.1 Å². The first-order valence-corrected chi connectivity index (χ1v) is 10.9. The maximum Gasteiger partial charge on any atom is 0.230 e. The van der Waals surface area contributed by atoms with E-state index in [1.54, 1.807) is 54.6 Å². The first kappa shape index (κ1) is 23.0. The standard InChI is InChI=1S/C27H21ClN4O2/c1-16-4-7-20(12-17(16)2)26(33)23-14-21(28)8-11-24(23)34-25-13-18(3)30-27(32-25)31-22-9-5-19(15-29)6-10-22/h4-14H,1-3H3,(H,30,31,32). The monoisotopic (exact) mass is 468 g/mol. The topological polar surface area (TPSA) is 87.9 Å². The summed E-state index contributed by atoms with van der Waals surface area (Å²) in [6, 6.07) is 21.2. The van der Waals surface area contributed by atoms with E-state index in [4.69, 9.17) is 21.6 Å². The van der Waals surface area contributed by atoms with Crippen molar-refractivity contribution in [1.29, 1.82) is 5.26 Å². The fourth-order valence-corrected chi connectivity index (χ4v) is 3.50. The molecule has 1 heterocycles. The smallest absolute Gasteiger partial charge is 0.230 e. The second-order valence-corrected chi connectivity index (χ2v) is 8.29. The van der Waals surface area contributed by atoms with E-state index in [0.717, 1.165) is 16.8 Å².